The van der Waals surface area contributed by atoms with Crippen LogP contribution >= 0.6 is 0 Å². The van der Waals surface area contributed by atoms with Crippen LogP contribution in [0, 0.1) is 5.41 Å². The van der Waals surface area contributed by atoms with Crippen molar-refractivity contribution in [1.82, 2.24) is 14.8 Å². The monoisotopic (exact) mass is 451 g/mol. The first-order valence-corrected chi connectivity index (χ1v) is 10.9. The van der Waals surface area contributed by atoms with Gasteiger partial charge in [0.05, 0.1) is 7.11 Å². The van der Waals surface area contributed by atoms with Gasteiger partial charge in [-0.2, -0.15) is 10.1 Å². The lowest BCUT2D eigenvalue weighted by atomic mass is 9.78. The van der Waals surface area contributed by atoms with Crippen molar-refractivity contribution in [1.29, 1.82) is 0 Å². The number of carbonyl (C=O) groups excluding carboxylic acids is 1. The summed E-state index contributed by atoms with van der Waals surface area (Å²) in [6.07, 6.45) is 4.93. The number of carbonyl (C=O) groups is 1. The van der Waals surface area contributed by atoms with E-state index in [0.29, 0.717) is 34.2 Å². The Balaban J connectivity index is 1.55. The zero-order chi connectivity index (χ0) is 23.8. The van der Waals surface area contributed by atoms with Gasteiger partial charge in [-0.1, -0.05) is 19.9 Å². The third-order valence-electron chi connectivity index (χ3n) is 5.80. The van der Waals surface area contributed by atoms with Crippen LogP contribution in [0.5, 0.6) is 5.75 Å². The fraction of sp³-hybridized carbons (Fsp3) is 0.417. The van der Waals surface area contributed by atoms with E-state index < -0.39 is 5.56 Å². The molecule has 0 saturated carbocycles. The molecule has 0 bridgehead atoms. The van der Waals surface area contributed by atoms with Crippen LogP contribution in [0.1, 0.15) is 38.8 Å². The van der Waals surface area contributed by atoms with Gasteiger partial charge in [-0.15, -0.1) is 0 Å². The van der Waals surface area contributed by atoms with Crippen molar-refractivity contribution in [2.75, 3.05) is 31.4 Å². The van der Waals surface area contributed by atoms with Gasteiger partial charge in [-0.25, -0.2) is 4.68 Å². The largest absolute Gasteiger partial charge is 0.494 e. The number of hydrogen-bond donors (Lipinski definition) is 1. The average molecular weight is 452 g/mol. The molecule has 0 fully saturated rings. The molecule has 2 aromatic heterocycles. The first-order valence-electron chi connectivity index (χ1n) is 10.9. The Morgan fingerprint density at radius 1 is 1.30 bits per heavy atom. The molecular weight excluding hydrogens is 422 g/mol. The van der Waals surface area contributed by atoms with E-state index in [4.69, 9.17) is 9.15 Å². The van der Waals surface area contributed by atoms with Crippen molar-refractivity contribution in [3.63, 3.8) is 0 Å². The number of fused-ring (bicyclic) bond motifs is 1. The highest BCUT2D eigenvalue weighted by Crippen LogP contribution is 2.39. The molecule has 0 saturated heterocycles. The maximum atomic E-state index is 12.7. The number of hydrogen-bond acceptors (Lipinski definition) is 7. The molecule has 0 unspecified atom stereocenters. The number of nitrogens with one attached hydrogen (secondary N) is 1. The Labute approximate surface area is 192 Å². The van der Waals surface area contributed by atoms with Crippen LogP contribution in [-0.4, -0.2) is 41.9 Å². The number of anilines is 2. The summed E-state index contributed by atoms with van der Waals surface area (Å²) in [4.78, 5) is 31.4. The maximum Gasteiger partial charge on any atom is 0.297 e. The Kier molecular flexibility index (Phi) is 5.97. The molecule has 3 aromatic rings. The van der Waals surface area contributed by atoms with Gasteiger partial charge in [-0.3, -0.25) is 9.59 Å². The van der Waals surface area contributed by atoms with E-state index in [1.54, 1.807) is 23.1 Å². The summed E-state index contributed by atoms with van der Waals surface area (Å²) in [6, 6.07) is 7.08. The first kappa shape index (κ1) is 22.6. The summed E-state index contributed by atoms with van der Waals surface area (Å²) in [5.41, 5.74) is 3.30. The highest BCUT2D eigenvalue weighted by molar-refractivity contribution is 5.92. The number of nitrogens with zero attached hydrogens (tertiary/aromatic N) is 4. The summed E-state index contributed by atoms with van der Waals surface area (Å²) >= 11 is 0. The lowest BCUT2D eigenvalue weighted by molar-refractivity contribution is -0.117. The highest BCUT2D eigenvalue weighted by Gasteiger charge is 2.25. The molecule has 4 rings (SSSR count). The van der Waals surface area contributed by atoms with Crippen LogP contribution in [0.3, 0.4) is 0 Å². The van der Waals surface area contributed by atoms with E-state index in [-0.39, 0.29) is 17.9 Å². The van der Waals surface area contributed by atoms with Gasteiger partial charge in [0.2, 0.25) is 5.91 Å². The normalized spacial score (nSPS) is 15.2. The van der Waals surface area contributed by atoms with E-state index in [9.17, 15) is 9.59 Å². The molecule has 0 radical (unpaired) electrons. The zero-order valence-electron chi connectivity index (χ0n) is 19.6. The van der Waals surface area contributed by atoms with E-state index in [1.165, 1.54) is 17.9 Å². The van der Waals surface area contributed by atoms with Gasteiger partial charge >= 0.3 is 0 Å². The molecule has 0 atom stereocenters. The minimum absolute atomic E-state index is 0.214. The highest BCUT2D eigenvalue weighted by atomic mass is 16.5. The average Bonchev–Trinajstić information content (AvgIpc) is 3.19. The van der Waals surface area contributed by atoms with E-state index >= 15 is 0 Å². The van der Waals surface area contributed by atoms with Gasteiger partial charge in [0.1, 0.15) is 17.8 Å². The lowest BCUT2D eigenvalue weighted by Gasteiger charge is -2.28. The van der Waals surface area contributed by atoms with Gasteiger partial charge in [0.25, 0.3) is 11.6 Å². The van der Waals surface area contributed by atoms with Gasteiger partial charge < -0.3 is 19.4 Å². The second-order valence-corrected chi connectivity index (χ2v) is 9.28. The van der Waals surface area contributed by atoms with Gasteiger partial charge in [0.15, 0.2) is 11.3 Å². The fourth-order valence-corrected chi connectivity index (χ4v) is 3.78. The second-order valence-electron chi connectivity index (χ2n) is 9.28. The Bertz CT molecular complexity index is 1290. The van der Waals surface area contributed by atoms with E-state index in [2.05, 4.69) is 35.3 Å². The van der Waals surface area contributed by atoms with Crippen molar-refractivity contribution >= 4 is 34.3 Å². The molecule has 1 aliphatic rings. The summed E-state index contributed by atoms with van der Waals surface area (Å²) in [5.74, 6) is 0.0611. The summed E-state index contributed by atoms with van der Waals surface area (Å²) in [6.45, 7) is 4.25. The van der Waals surface area contributed by atoms with Crippen molar-refractivity contribution < 1.29 is 13.9 Å². The number of amides is 1. The number of aromatic nitrogens is 3. The number of ether oxygens (including phenoxy) is 1. The van der Waals surface area contributed by atoms with Gasteiger partial charge in [-0.05, 0) is 48.4 Å². The van der Waals surface area contributed by atoms with Gasteiger partial charge in [0, 0.05) is 25.8 Å². The molecule has 0 aliphatic heterocycles. The molecule has 2 heterocycles. The summed E-state index contributed by atoms with van der Waals surface area (Å²) < 4.78 is 12.2. The zero-order valence-corrected chi connectivity index (χ0v) is 19.6. The standard InChI is InChI=1S/C24H29N5O4/c1-24(2)10-8-15(9-11-24)22-19(32-5)13-21(31)29(27-22)14-20(30)25-16-6-7-18-17(12-16)26-23(33-18)28(3)4/h6-8,12-13H,9-11,14H2,1-5H3,(H,25,30). The maximum absolute atomic E-state index is 12.7. The predicted octanol–water partition coefficient (Wildman–Crippen LogP) is 3.69. The fourth-order valence-electron chi connectivity index (χ4n) is 3.78. The first-order chi connectivity index (χ1) is 15.6. The van der Waals surface area contributed by atoms with Crippen molar-refractivity contribution in [3.05, 3.63) is 46.4 Å². The van der Waals surface area contributed by atoms with Crippen molar-refractivity contribution in [3.8, 4) is 5.75 Å². The molecule has 9 nitrogen and oxygen atoms in total. The number of benzene rings is 1. The second kappa shape index (κ2) is 8.73. The van der Waals surface area contributed by atoms with E-state index in [0.717, 1.165) is 24.8 Å². The predicted molar refractivity (Wildman–Crippen MR) is 128 cm³/mol. The topological polar surface area (TPSA) is 102 Å². The molecule has 1 amide bonds. The minimum Gasteiger partial charge on any atom is -0.494 e. The van der Waals surface area contributed by atoms with Crippen LogP contribution in [-0.2, 0) is 11.3 Å². The molecule has 33 heavy (non-hydrogen) atoms. The Morgan fingerprint density at radius 2 is 2.09 bits per heavy atom. The van der Waals surface area contributed by atoms with Crippen molar-refractivity contribution in [2.24, 2.45) is 5.41 Å². The lowest BCUT2D eigenvalue weighted by Crippen LogP contribution is -2.30. The Morgan fingerprint density at radius 3 is 2.76 bits per heavy atom. The summed E-state index contributed by atoms with van der Waals surface area (Å²) in [5, 5.41) is 7.29. The number of methoxy groups -OCH3 is 1. The van der Waals surface area contributed by atoms with Crippen LogP contribution in [0.15, 0.2) is 39.6 Å². The third kappa shape index (κ3) is 4.92. The van der Waals surface area contributed by atoms with Crippen molar-refractivity contribution in [2.45, 2.75) is 39.7 Å². The van der Waals surface area contributed by atoms with E-state index in [1.807, 2.05) is 14.1 Å². The molecule has 1 aromatic carbocycles. The van der Waals surface area contributed by atoms with Crippen LogP contribution in [0.4, 0.5) is 11.7 Å². The van der Waals surface area contributed by atoms with Crippen LogP contribution < -0.4 is 20.5 Å². The molecule has 1 N–H and O–H groups in total. The molecular formula is C24H29N5O4. The third-order valence-corrected chi connectivity index (χ3v) is 5.80. The quantitative estimate of drug-likeness (QED) is 0.610. The minimum atomic E-state index is -0.398. The molecule has 9 heteroatoms. The number of allylic oxidation sites excluding steroid dienone is 2. The SMILES string of the molecule is COc1cc(=O)n(CC(=O)Nc2ccc3oc(N(C)C)nc3c2)nc1C1=CCC(C)(C)CC1. The smallest absolute Gasteiger partial charge is 0.297 e. The number of oxazole rings is 1. The molecule has 1 aliphatic carbocycles. The van der Waals surface area contributed by atoms with Crippen LogP contribution in [0.25, 0.3) is 16.7 Å². The molecule has 0 spiro atoms. The summed E-state index contributed by atoms with van der Waals surface area (Å²) in [7, 11) is 5.20. The molecule has 174 valence electrons. The Hall–Kier alpha value is -3.62. The number of rotatable bonds is 6. The van der Waals surface area contributed by atoms with Crippen LogP contribution in [0.2, 0.25) is 0 Å².